The molecule has 4 fully saturated rings. The van der Waals surface area contributed by atoms with Gasteiger partial charge in [0.2, 0.25) is 5.91 Å². The number of hydrogen-bond donors (Lipinski definition) is 0. The Kier molecular flexibility index (Phi) is 6.14. The molecule has 0 spiro atoms. The van der Waals surface area contributed by atoms with Crippen LogP contribution in [0.1, 0.15) is 50.6 Å². The van der Waals surface area contributed by atoms with E-state index in [0.29, 0.717) is 18.5 Å². The number of piperidine rings is 3. The molecule has 1 amide bonds. The van der Waals surface area contributed by atoms with Gasteiger partial charge < -0.3 is 4.90 Å². The predicted molar refractivity (Wildman–Crippen MR) is 110 cm³/mol. The molecule has 1 aromatic rings. The fourth-order valence-electron chi connectivity index (χ4n) is 5.60. The second kappa shape index (κ2) is 8.76. The van der Waals surface area contributed by atoms with Gasteiger partial charge in [0, 0.05) is 32.4 Å². The second-order valence-electron chi connectivity index (χ2n) is 9.19. The maximum Gasteiger partial charge on any atom is 0.227 e. The first-order valence-corrected chi connectivity index (χ1v) is 11.1. The molecule has 6 heteroatoms. The van der Waals surface area contributed by atoms with Crippen LogP contribution in [0.3, 0.4) is 0 Å². The summed E-state index contributed by atoms with van der Waals surface area (Å²) in [5.74, 6) is 1.73. The van der Waals surface area contributed by atoms with Gasteiger partial charge >= 0.3 is 0 Å². The molecular formula is C22H35N5O. The van der Waals surface area contributed by atoms with E-state index in [4.69, 9.17) is 0 Å². The molecule has 4 aliphatic rings. The zero-order valence-corrected chi connectivity index (χ0v) is 17.3. The van der Waals surface area contributed by atoms with Gasteiger partial charge in [0.15, 0.2) is 0 Å². The van der Waals surface area contributed by atoms with Crippen molar-refractivity contribution in [3.05, 3.63) is 24.5 Å². The van der Waals surface area contributed by atoms with Crippen molar-refractivity contribution < 1.29 is 4.79 Å². The molecule has 28 heavy (non-hydrogen) atoms. The monoisotopic (exact) mass is 385 g/mol. The summed E-state index contributed by atoms with van der Waals surface area (Å²) < 4.78 is 2.05. The van der Waals surface area contributed by atoms with Crippen LogP contribution in [0.2, 0.25) is 0 Å². The smallest absolute Gasteiger partial charge is 0.227 e. The number of hydrogen-bond acceptors (Lipinski definition) is 4. The first-order chi connectivity index (χ1) is 13.6. The van der Waals surface area contributed by atoms with Gasteiger partial charge in [-0.25, -0.2) is 0 Å². The molecule has 0 aromatic carbocycles. The quantitative estimate of drug-likeness (QED) is 0.677. The fraction of sp³-hybridized carbons (Fsp3) is 0.773. The number of carbonyl (C=O) groups excluding carboxylic acids is 1. The van der Waals surface area contributed by atoms with Crippen molar-refractivity contribution in [1.82, 2.24) is 24.8 Å². The molecule has 3 aliphatic heterocycles. The van der Waals surface area contributed by atoms with Crippen molar-refractivity contribution in [3.8, 4) is 0 Å². The summed E-state index contributed by atoms with van der Waals surface area (Å²) in [6.45, 7) is 7.28. The van der Waals surface area contributed by atoms with E-state index in [9.17, 15) is 4.79 Å². The molecule has 1 aliphatic carbocycles. The Morgan fingerprint density at radius 1 is 1.32 bits per heavy atom. The Morgan fingerprint density at radius 2 is 2.14 bits per heavy atom. The van der Waals surface area contributed by atoms with E-state index in [2.05, 4.69) is 28.0 Å². The van der Waals surface area contributed by atoms with Gasteiger partial charge in [-0.1, -0.05) is 43.4 Å². The average Bonchev–Trinajstić information content (AvgIpc) is 3.15. The molecule has 2 bridgehead atoms. The summed E-state index contributed by atoms with van der Waals surface area (Å²) in [5, 5.41) is 8.87. The lowest BCUT2D eigenvalue weighted by molar-refractivity contribution is -0.142. The first-order valence-electron chi connectivity index (χ1n) is 11.1. The summed E-state index contributed by atoms with van der Waals surface area (Å²) in [6.07, 6.45) is 14.1. The van der Waals surface area contributed by atoms with Gasteiger partial charge in [-0.05, 0) is 37.6 Å². The van der Waals surface area contributed by atoms with Crippen molar-refractivity contribution in [2.75, 3.05) is 26.7 Å². The highest BCUT2D eigenvalue weighted by Crippen LogP contribution is 2.37. The minimum atomic E-state index is 0.146. The zero-order chi connectivity index (χ0) is 19.5. The summed E-state index contributed by atoms with van der Waals surface area (Å²) in [4.78, 5) is 17.1. The summed E-state index contributed by atoms with van der Waals surface area (Å²) in [5.41, 5.74) is 1.15. The molecule has 1 aromatic heterocycles. The Labute approximate surface area is 168 Å². The van der Waals surface area contributed by atoms with Crippen molar-refractivity contribution in [2.45, 2.75) is 64.0 Å². The average molecular weight is 386 g/mol. The Hall–Kier alpha value is -1.69. The van der Waals surface area contributed by atoms with Crippen LogP contribution in [-0.4, -0.2) is 63.4 Å². The third-order valence-corrected chi connectivity index (χ3v) is 7.18. The van der Waals surface area contributed by atoms with Crippen molar-refractivity contribution in [1.29, 1.82) is 0 Å². The third-order valence-electron chi connectivity index (χ3n) is 7.18. The summed E-state index contributed by atoms with van der Waals surface area (Å²) in [7, 11) is 1.89. The van der Waals surface area contributed by atoms with Crippen LogP contribution in [-0.2, 0) is 17.8 Å². The van der Waals surface area contributed by atoms with Crippen LogP contribution in [0.25, 0.3) is 0 Å². The van der Waals surface area contributed by atoms with E-state index in [1.807, 2.05) is 16.6 Å². The molecule has 4 atom stereocenters. The molecule has 154 valence electrons. The van der Waals surface area contributed by atoms with E-state index in [0.717, 1.165) is 50.5 Å². The topological polar surface area (TPSA) is 54.3 Å². The molecule has 6 nitrogen and oxygen atoms in total. The van der Waals surface area contributed by atoms with E-state index < -0.39 is 0 Å². The molecule has 1 unspecified atom stereocenters. The van der Waals surface area contributed by atoms with Crippen LogP contribution in [0, 0.1) is 17.8 Å². The predicted octanol–water partition coefficient (Wildman–Crippen LogP) is 2.76. The van der Waals surface area contributed by atoms with Crippen LogP contribution in [0.5, 0.6) is 0 Å². The number of rotatable bonds is 7. The zero-order valence-electron chi connectivity index (χ0n) is 17.3. The van der Waals surface area contributed by atoms with Crippen LogP contribution >= 0.6 is 0 Å². The Bertz CT molecular complexity index is 680. The van der Waals surface area contributed by atoms with Gasteiger partial charge in [-0.3, -0.25) is 14.4 Å². The van der Waals surface area contributed by atoms with Crippen molar-refractivity contribution in [3.63, 3.8) is 0 Å². The van der Waals surface area contributed by atoms with E-state index in [1.54, 1.807) is 6.08 Å². The van der Waals surface area contributed by atoms with E-state index >= 15 is 0 Å². The lowest BCUT2D eigenvalue weighted by Gasteiger charge is -2.49. The number of likely N-dealkylation sites (N-methyl/N-ethyl adjacent to an activating group) is 1. The number of amides is 1. The Balaban J connectivity index is 1.32. The molecule has 4 heterocycles. The van der Waals surface area contributed by atoms with Gasteiger partial charge in [-0.15, -0.1) is 11.7 Å². The molecule has 3 saturated heterocycles. The van der Waals surface area contributed by atoms with Crippen LogP contribution in [0.15, 0.2) is 18.9 Å². The Morgan fingerprint density at radius 3 is 2.86 bits per heavy atom. The largest absolute Gasteiger partial charge is 0.342 e. The normalized spacial score (nSPS) is 30.3. The highest BCUT2D eigenvalue weighted by molar-refractivity contribution is 5.79. The molecular weight excluding hydrogens is 350 g/mol. The number of carbonyl (C=O) groups is 1. The molecule has 5 rings (SSSR count). The highest BCUT2D eigenvalue weighted by atomic mass is 16.2. The fourth-order valence-corrected chi connectivity index (χ4v) is 5.60. The first kappa shape index (κ1) is 19.6. The van der Waals surface area contributed by atoms with Gasteiger partial charge in [0.25, 0.3) is 0 Å². The SMILES string of the molecule is C=CCN(C)C(=O)[C@@H]1CN2CC[C@H]1C[C@@H]2Cn1cc(CC2CCCCC2)nn1. The van der Waals surface area contributed by atoms with Crippen molar-refractivity contribution >= 4 is 5.91 Å². The maximum absolute atomic E-state index is 12.8. The maximum atomic E-state index is 12.8. The minimum absolute atomic E-state index is 0.146. The summed E-state index contributed by atoms with van der Waals surface area (Å²) >= 11 is 0. The second-order valence-corrected chi connectivity index (χ2v) is 9.19. The van der Waals surface area contributed by atoms with E-state index in [1.165, 1.54) is 32.1 Å². The lowest BCUT2D eigenvalue weighted by atomic mass is 9.75. The number of nitrogens with zero attached hydrogens (tertiary/aromatic N) is 5. The molecule has 1 saturated carbocycles. The third kappa shape index (κ3) is 4.32. The number of fused-ring (bicyclic) bond motifs is 3. The van der Waals surface area contributed by atoms with Gasteiger partial charge in [-0.2, -0.15) is 0 Å². The van der Waals surface area contributed by atoms with Gasteiger partial charge in [0.1, 0.15) is 0 Å². The lowest BCUT2D eigenvalue weighted by Crippen LogP contribution is -2.58. The number of aromatic nitrogens is 3. The van der Waals surface area contributed by atoms with Crippen LogP contribution < -0.4 is 0 Å². The van der Waals surface area contributed by atoms with Gasteiger partial charge in [0.05, 0.1) is 18.2 Å². The summed E-state index contributed by atoms with van der Waals surface area (Å²) in [6, 6.07) is 0.483. The van der Waals surface area contributed by atoms with E-state index in [-0.39, 0.29) is 11.8 Å². The van der Waals surface area contributed by atoms with Crippen molar-refractivity contribution in [2.24, 2.45) is 17.8 Å². The van der Waals surface area contributed by atoms with Crippen LogP contribution in [0.4, 0.5) is 0 Å². The highest BCUT2D eigenvalue weighted by Gasteiger charge is 2.44. The molecule has 0 radical (unpaired) electrons. The standard InChI is InChI=1S/C22H35N5O/c1-3-10-25(2)22(28)21-16-26-11-9-18(21)13-20(26)15-27-14-19(23-24-27)12-17-7-5-4-6-8-17/h3,14,17-18,20-21H,1,4-13,15-16H2,2H3/t18-,20+,21+/m0/s1. The minimum Gasteiger partial charge on any atom is -0.342 e. The molecule has 0 N–H and O–H groups in total.